The normalized spacial score (nSPS) is 10.9. The summed E-state index contributed by atoms with van der Waals surface area (Å²) in [5.74, 6) is 2.01. The second-order valence-corrected chi connectivity index (χ2v) is 10.2. The molecule has 5 nitrogen and oxygen atoms in total. The number of ether oxygens (including phenoxy) is 1. The zero-order chi connectivity index (χ0) is 28.3. The number of aromatic nitrogens is 2. The summed E-state index contributed by atoms with van der Waals surface area (Å²) in [6.45, 7) is 5.92. The van der Waals surface area contributed by atoms with Crippen LogP contribution in [0.3, 0.4) is 0 Å². The molecule has 0 radical (unpaired) electrons. The van der Waals surface area contributed by atoms with E-state index in [0.29, 0.717) is 19.6 Å². The van der Waals surface area contributed by atoms with Gasteiger partial charge in [-0.3, -0.25) is 4.79 Å². The van der Waals surface area contributed by atoms with E-state index in [-0.39, 0.29) is 5.91 Å². The van der Waals surface area contributed by atoms with E-state index in [1.54, 1.807) is 0 Å². The monoisotopic (exact) mass is 543 g/mol. The van der Waals surface area contributed by atoms with Crippen LogP contribution in [0.15, 0.2) is 116 Å². The Morgan fingerprint density at radius 2 is 1.59 bits per heavy atom. The maximum Gasteiger partial charge on any atom is 0.224 e. The number of aryl methyl sites for hydroxylation is 2. The van der Waals surface area contributed by atoms with Crippen LogP contribution in [0.1, 0.15) is 29.8 Å². The van der Waals surface area contributed by atoms with Crippen molar-refractivity contribution >= 4 is 16.9 Å². The van der Waals surface area contributed by atoms with Crippen LogP contribution >= 0.6 is 0 Å². The lowest BCUT2D eigenvalue weighted by atomic mass is 10.0. The molecule has 5 heteroatoms. The fraction of sp³-hybridized carbons (Fsp3) is 0.222. The van der Waals surface area contributed by atoms with Gasteiger partial charge in [0.05, 0.1) is 24.1 Å². The molecule has 0 bridgehead atoms. The standard InChI is InChI=1S/C36H37N3O2/c1-2-12-31-15-6-9-18-34(31)41-26-11-25-39-33-17-8-7-16-32(33)38-35(39)19-10-24-37-36(40)27-28-20-22-30(23-21-28)29-13-4-3-5-14-29/h2-9,13-18,20-23H,1,10-12,19,24-27H2,(H,37,40). The zero-order valence-electron chi connectivity index (χ0n) is 23.5. The average Bonchev–Trinajstić information content (AvgIpc) is 3.36. The first-order valence-electron chi connectivity index (χ1n) is 14.4. The Morgan fingerprint density at radius 3 is 2.41 bits per heavy atom. The summed E-state index contributed by atoms with van der Waals surface area (Å²) in [6, 6.07) is 34.9. The highest BCUT2D eigenvalue weighted by atomic mass is 16.5. The summed E-state index contributed by atoms with van der Waals surface area (Å²) in [5.41, 5.74) is 6.64. The molecule has 1 heterocycles. The molecule has 4 aromatic carbocycles. The number of para-hydroxylation sites is 3. The van der Waals surface area contributed by atoms with Crippen molar-refractivity contribution in [1.82, 2.24) is 14.9 Å². The van der Waals surface area contributed by atoms with Crippen molar-refractivity contribution in [3.05, 3.63) is 133 Å². The maximum atomic E-state index is 12.6. The van der Waals surface area contributed by atoms with Gasteiger partial charge in [-0.15, -0.1) is 6.58 Å². The number of hydrogen-bond donors (Lipinski definition) is 1. The van der Waals surface area contributed by atoms with Crippen molar-refractivity contribution in [2.45, 2.75) is 38.6 Å². The molecule has 0 aliphatic carbocycles. The van der Waals surface area contributed by atoms with Gasteiger partial charge >= 0.3 is 0 Å². The first kappa shape index (κ1) is 27.9. The van der Waals surface area contributed by atoms with Crippen LogP contribution in [0.5, 0.6) is 5.75 Å². The van der Waals surface area contributed by atoms with E-state index in [9.17, 15) is 4.79 Å². The topological polar surface area (TPSA) is 56.1 Å². The molecule has 1 N–H and O–H groups in total. The molecule has 0 saturated carbocycles. The van der Waals surface area contributed by atoms with Crippen LogP contribution in [-0.2, 0) is 30.6 Å². The second-order valence-electron chi connectivity index (χ2n) is 10.2. The molecule has 1 aromatic heterocycles. The van der Waals surface area contributed by atoms with Gasteiger partial charge in [0.2, 0.25) is 5.91 Å². The van der Waals surface area contributed by atoms with Gasteiger partial charge in [0, 0.05) is 19.5 Å². The van der Waals surface area contributed by atoms with E-state index in [4.69, 9.17) is 9.72 Å². The molecule has 41 heavy (non-hydrogen) atoms. The van der Waals surface area contributed by atoms with E-state index in [1.807, 2.05) is 60.7 Å². The Kier molecular flexibility index (Phi) is 9.62. The number of carbonyl (C=O) groups is 1. The molecule has 0 aliphatic heterocycles. The van der Waals surface area contributed by atoms with Crippen molar-refractivity contribution in [3.63, 3.8) is 0 Å². The van der Waals surface area contributed by atoms with Crippen LogP contribution in [0.4, 0.5) is 0 Å². The van der Waals surface area contributed by atoms with Gasteiger partial charge in [0.15, 0.2) is 0 Å². The third-order valence-electron chi connectivity index (χ3n) is 7.18. The van der Waals surface area contributed by atoms with Crippen LogP contribution in [0.2, 0.25) is 0 Å². The predicted octanol–water partition coefficient (Wildman–Crippen LogP) is 7.19. The third-order valence-corrected chi connectivity index (χ3v) is 7.18. The highest BCUT2D eigenvalue weighted by Crippen LogP contribution is 2.21. The number of imidazole rings is 1. The molecular formula is C36H37N3O2. The molecule has 5 aromatic rings. The van der Waals surface area contributed by atoms with Gasteiger partial charge in [-0.05, 0) is 59.7 Å². The van der Waals surface area contributed by atoms with Gasteiger partial charge in [-0.25, -0.2) is 4.98 Å². The molecular weight excluding hydrogens is 506 g/mol. The molecule has 0 aliphatic rings. The van der Waals surface area contributed by atoms with Gasteiger partial charge < -0.3 is 14.6 Å². The third kappa shape index (κ3) is 7.52. The molecule has 0 spiro atoms. The van der Waals surface area contributed by atoms with E-state index in [0.717, 1.165) is 71.5 Å². The molecule has 208 valence electrons. The number of carbonyl (C=O) groups excluding carboxylic acids is 1. The quantitative estimate of drug-likeness (QED) is 0.119. The number of nitrogens with one attached hydrogen (secondary N) is 1. The molecule has 0 saturated heterocycles. The fourth-order valence-corrected chi connectivity index (χ4v) is 5.11. The van der Waals surface area contributed by atoms with Crippen molar-refractivity contribution in [3.8, 4) is 16.9 Å². The Balaban J connectivity index is 1.11. The van der Waals surface area contributed by atoms with Crippen molar-refractivity contribution in [2.24, 2.45) is 0 Å². The lowest BCUT2D eigenvalue weighted by Crippen LogP contribution is -2.26. The summed E-state index contributed by atoms with van der Waals surface area (Å²) >= 11 is 0. The average molecular weight is 544 g/mol. The van der Waals surface area contributed by atoms with Crippen LogP contribution < -0.4 is 10.1 Å². The maximum absolute atomic E-state index is 12.6. The molecule has 0 fully saturated rings. The number of benzene rings is 4. The van der Waals surface area contributed by atoms with E-state index in [2.05, 4.69) is 65.0 Å². The van der Waals surface area contributed by atoms with Crippen LogP contribution in [-0.4, -0.2) is 28.6 Å². The van der Waals surface area contributed by atoms with Gasteiger partial charge in [-0.2, -0.15) is 0 Å². The Morgan fingerprint density at radius 1 is 0.854 bits per heavy atom. The SMILES string of the molecule is C=CCc1ccccc1OCCCn1c(CCCNC(=O)Cc2ccc(-c3ccccc3)cc2)nc2ccccc21. The minimum atomic E-state index is 0.0415. The first-order valence-corrected chi connectivity index (χ1v) is 14.4. The summed E-state index contributed by atoms with van der Waals surface area (Å²) < 4.78 is 8.41. The zero-order valence-corrected chi connectivity index (χ0v) is 23.5. The summed E-state index contributed by atoms with van der Waals surface area (Å²) in [6.07, 6.45) is 5.57. The predicted molar refractivity (Wildman–Crippen MR) is 167 cm³/mol. The summed E-state index contributed by atoms with van der Waals surface area (Å²) in [4.78, 5) is 17.5. The summed E-state index contributed by atoms with van der Waals surface area (Å²) in [7, 11) is 0. The highest BCUT2D eigenvalue weighted by Gasteiger charge is 2.11. The number of nitrogens with zero attached hydrogens (tertiary/aromatic N) is 2. The minimum Gasteiger partial charge on any atom is -0.493 e. The number of fused-ring (bicyclic) bond motifs is 1. The molecule has 1 amide bonds. The first-order chi connectivity index (χ1) is 20.2. The molecule has 5 rings (SSSR count). The largest absolute Gasteiger partial charge is 0.493 e. The number of allylic oxidation sites excluding steroid dienone is 1. The highest BCUT2D eigenvalue weighted by molar-refractivity contribution is 5.79. The fourth-order valence-electron chi connectivity index (χ4n) is 5.11. The summed E-state index contributed by atoms with van der Waals surface area (Å²) in [5, 5.41) is 3.08. The lowest BCUT2D eigenvalue weighted by Gasteiger charge is -2.12. The van der Waals surface area contributed by atoms with E-state index >= 15 is 0 Å². The van der Waals surface area contributed by atoms with E-state index < -0.39 is 0 Å². The van der Waals surface area contributed by atoms with Crippen LogP contribution in [0.25, 0.3) is 22.2 Å². The number of amides is 1. The van der Waals surface area contributed by atoms with Gasteiger partial charge in [0.25, 0.3) is 0 Å². The number of hydrogen-bond acceptors (Lipinski definition) is 3. The van der Waals surface area contributed by atoms with Gasteiger partial charge in [-0.1, -0.05) is 91.0 Å². The van der Waals surface area contributed by atoms with Crippen molar-refractivity contribution < 1.29 is 9.53 Å². The van der Waals surface area contributed by atoms with E-state index in [1.165, 1.54) is 5.56 Å². The smallest absolute Gasteiger partial charge is 0.224 e. The molecule has 0 unspecified atom stereocenters. The van der Waals surface area contributed by atoms with Crippen LogP contribution in [0, 0.1) is 0 Å². The Labute approximate surface area is 242 Å². The second kappa shape index (κ2) is 14.1. The van der Waals surface area contributed by atoms with Gasteiger partial charge in [0.1, 0.15) is 11.6 Å². The lowest BCUT2D eigenvalue weighted by molar-refractivity contribution is -0.120. The number of rotatable bonds is 14. The Bertz CT molecular complexity index is 1570. The molecule has 0 atom stereocenters. The Hall–Kier alpha value is -4.64. The minimum absolute atomic E-state index is 0.0415. The van der Waals surface area contributed by atoms with Crippen molar-refractivity contribution in [2.75, 3.05) is 13.2 Å². The van der Waals surface area contributed by atoms with Crippen molar-refractivity contribution in [1.29, 1.82) is 0 Å².